The Morgan fingerprint density at radius 3 is 2.22 bits per heavy atom. The van der Waals surface area contributed by atoms with Crippen LogP contribution in [0.5, 0.6) is 0 Å². The Morgan fingerprint density at radius 2 is 1.63 bits per heavy atom. The summed E-state index contributed by atoms with van der Waals surface area (Å²) in [6, 6.07) is 13.6. The minimum Gasteiger partial charge on any atom is -0.339 e. The van der Waals surface area contributed by atoms with Crippen molar-refractivity contribution >= 4 is 21.6 Å². The van der Waals surface area contributed by atoms with Crippen molar-refractivity contribution in [2.75, 3.05) is 17.8 Å². The Labute approximate surface area is 161 Å². The summed E-state index contributed by atoms with van der Waals surface area (Å²) < 4.78 is 28.0. The maximum absolute atomic E-state index is 12.7. The predicted molar refractivity (Wildman–Crippen MR) is 108 cm³/mol. The van der Waals surface area contributed by atoms with Crippen LogP contribution in [0.1, 0.15) is 49.5 Å². The SMILES string of the molecule is CC(C)(C)c1ccc(S(=O)(=O)Nc2cccc(C(=O)N3CCCC3)c2)cc1. The van der Waals surface area contributed by atoms with Crippen molar-refractivity contribution in [3.63, 3.8) is 0 Å². The second kappa shape index (κ2) is 7.35. The smallest absolute Gasteiger partial charge is 0.261 e. The van der Waals surface area contributed by atoms with Gasteiger partial charge in [0.05, 0.1) is 4.90 Å². The van der Waals surface area contributed by atoms with Crippen LogP contribution in [0.25, 0.3) is 0 Å². The van der Waals surface area contributed by atoms with E-state index in [-0.39, 0.29) is 16.2 Å². The summed E-state index contributed by atoms with van der Waals surface area (Å²) in [7, 11) is -3.71. The third kappa shape index (κ3) is 4.50. The van der Waals surface area contributed by atoms with Crippen molar-refractivity contribution in [1.82, 2.24) is 4.90 Å². The van der Waals surface area contributed by atoms with Gasteiger partial charge in [0, 0.05) is 24.3 Å². The zero-order valence-corrected chi connectivity index (χ0v) is 16.8. The number of carbonyl (C=O) groups excluding carboxylic acids is 1. The van der Waals surface area contributed by atoms with E-state index in [1.807, 2.05) is 12.1 Å². The quantitative estimate of drug-likeness (QED) is 0.863. The molecule has 1 aliphatic heterocycles. The standard InChI is InChI=1S/C21H26N2O3S/c1-21(2,3)17-9-11-19(12-10-17)27(25,26)22-18-8-6-7-16(15-18)20(24)23-13-4-5-14-23/h6-12,15,22H,4-5,13-14H2,1-3H3. The molecule has 6 heteroatoms. The molecule has 0 spiro atoms. The topological polar surface area (TPSA) is 66.5 Å². The number of hydrogen-bond acceptors (Lipinski definition) is 3. The average Bonchev–Trinajstić information content (AvgIpc) is 3.15. The van der Waals surface area contributed by atoms with Gasteiger partial charge in [0.25, 0.3) is 15.9 Å². The van der Waals surface area contributed by atoms with Crippen molar-refractivity contribution in [1.29, 1.82) is 0 Å². The summed E-state index contributed by atoms with van der Waals surface area (Å²) in [6.07, 6.45) is 2.03. The number of hydrogen-bond donors (Lipinski definition) is 1. The van der Waals surface area contributed by atoms with Crippen LogP contribution in [0.4, 0.5) is 5.69 Å². The highest BCUT2D eigenvalue weighted by Gasteiger charge is 2.21. The van der Waals surface area contributed by atoms with E-state index >= 15 is 0 Å². The van der Waals surface area contributed by atoms with Crippen molar-refractivity contribution in [2.24, 2.45) is 0 Å². The van der Waals surface area contributed by atoms with E-state index in [1.165, 1.54) is 0 Å². The Bertz CT molecular complexity index is 923. The van der Waals surface area contributed by atoms with Gasteiger partial charge in [-0.05, 0) is 54.2 Å². The molecule has 27 heavy (non-hydrogen) atoms. The fourth-order valence-electron chi connectivity index (χ4n) is 3.17. The third-order valence-electron chi connectivity index (χ3n) is 4.79. The molecule has 0 aromatic heterocycles. The molecular weight excluding hydrogens is 360 g/mol. The minimum absolute atomic E-state index is 0.0417. The molecule has 0 aliphatic carbocycles. The maximum Gasteiger partial charge on any atom is 0.261 e. The Hall–Kier alpha value is -2.34. The van der Waals surface area contributed by atoms with Gasteiger partial charge >= 0.3 is 0 Å². The largest absolute Gasteiger partial charge is 0.339 e. The summed E-state index contributed by atoms with van der Waals surface area (Å²) >= 11 is 0. The lowest BCUT2D eigenvalue weighted by atomic mass is 9.87. The molecule has 0 atom stereocenters. The number of benzene rings is 2. The molecule has 2 aromatic carbocycles. The lowest BCUT2D eigenvalue weighted by Crippen LogP contribution is -2.27. The van der Waals surface area contributed by atoms with Crippen LogP contribution in [0.3, 0.4) is 0 Å². The van der Waals surface area contributed by atoms with Gasteiger partial charge in [-0.25, -0.2) is 8.42 Å². The van der Waals surface area contributed by atoms with Crippen LogP contribution >= 0.6 is 0 Å². The molecule has 1 aliphatic rings. The monoisotopic (exact) mass is 386 g/mol. The van der Waals surface area contributed by atoms with Gasteiger partial charge in [-0.3, -0.25) is 9.52 Å². The molecule has 1 N–H and O–H groups in total. The van der Waals surface area contributed by atoms with Crippen LogP contribution in [-0.2, 0) is 15.4 Å². The first-order valence-electron chi connectivity index (χ1n) is 9.19. The van der Waals surface area contributed by atoms with E-state index in [4.69, 9.17) is 0 Å². The normalized spacial score (nSPS) is 15.0. The van der Waals surface area contributed by atoms with Crippen LogP contribution in [-0.4, -0.2) is 32.3 Å². The molecule has 1 fully saturated rings. The van der Waals surface area contributed by atoms with Gasteiger partial charge in [-0.2, -0.15) is 0 Å². The second-order valence-electron chi connectivity index (χ2n) is 7.96. The van der Waals surface area contributed by atoms with E-state index in [9.17, 15) is 13.2 Å². The summed E-state index contributed by atoms with van der Waals surface area (Å²) in [4.78, 5) is 14.5. The summed E-state index contributed by atoms with van der Waals surface area (Å²) in [6.45, 7) is 7.76. The fraction of sp³-hybridized carbons (Fsp3) is 0.381. The first-order chi connectivity index (χ1) is 12.7. The van der Waals surface area contributed by atoms with Gasteiger partial charge in [0.1, 0.15) is 0 Å². The summed E-state index contributed by atoms with van der Waals surface area (Å²) in [5.41, 5.74) is 1.92. The number of amides is 1. The number of nitrogens with one attached hydrogen (secondary N) is 1. The number of carbonyl (C=O) groups is 1. The molecule has 144 valence electrons. The van der Waals surface area contributed by atoms with Crippen LogP contribution in [0, 0.1) is 0 Å². The van der Waals surface area contributed by atoms with Gasteiger partial charge in [-0.1, -0.05) is 39.0 Å². The molecule has 1 saturated heterocycles. The number of rotatable bonds is 4. The van der Waals surface area contributed by atoms with Crippen LogP contribution in [0.15, 0.2) is 53.4 Å². The highest BCUT2D eigenvalue weighted by atomic mass is 32.2. The Morgan fingerprint density at radius 1 is 1.00 bits per heavy atom. The zero-order chi connectivity index (χ0) is 19.7. The van der Waals surface area contributed by atoms with Crippen LogP contribution in [0.2, 0.25) is 0 Å². The lowest BCUT2D eigenvalue weighted by Gasteiger charge is -2.19. The van der Waals surface area contributed by atoms with Crippen molar-refractivity contribution in [3.05, 3.63) is 59.7 Å². The highest BCUT2D eigenvalue weighted by Crippen LogP contribution is 2.25. The maximum atomic E-state index is 12.7. The fourth-order valence-corrected chi connectivity index (χ4v) is 4.22. The molecular formula is C21H26N2O3S. The first-order valence-corrected chi connectivity index (χ1v) is 10.7. The van der Waals surface area contributed by atoms with E-state index in [1.54, 1.807) is 41.3 Å². The Balaban J connectivity index is 1.79. The molecule has 0 bridgehead atoms. The van der Waals surface area contributed by atoms with Gasteiger partial charge in [0.2, 0.25) is 0 Å². The number of likely N-dealkylation sites (tertiary alicyclic amines) is 1. The lowest BCUT2D eigenvalue weighted by molar-refractivity contribution is 0.0793. The summed E-state index contributed by atoms with van der Waals surface area (Å²) in [5.74, 6) is -0.0527. The zero-order valence-electron chi connectivity index (χ0n) is 16.0. The van der Waals surface area contributed by atoms with Gasteiger partial charge in [0.15, 0.2) is 0 Å². The van der Waals surface area contributed by atoms with Gasteiger partial charge < -0.3 is 4.90 Å². The molecule has 5 nitrogen and oxygen atoms in total. The van der Waals surface area contributed by atoms with Crippen molar-refractivity contribution < 1.29 is 13.2 Å². The van der Waals surface area contributed by atoms with E-state index in [2.05, 4.69) is 25.5 Å². The molecule has 0 unspecified atom stereocenters. The molecule has 0 saturated carbocycles. The predicted octanol–water partition coefficient (Wildman–Crippen LogP) is 4.02. The van der Waals surface area contributed by atoms with Crippen molar-refractivity contribution in [2.45, 2.75) is 43.9 Å². The third-order valence-corrected chi connectivity index (χ3v) is 6.18. The first kappa shape index (κ1) is 19.4. The number of nitrogens with zero attached hydrogens (tertiary/aromatic N) is 1. The Kier molecular flexibility index (Phi) is 5.29. The number of anilines is 1. The molecule has 1 amide bonds. The van der Waals surface area contributed by atoms with E-state index in [0.29, 0.717) is 11.3 Å². The average molecular weight is 387 g/mol. The summed E-state index contributed by atoms with van der Waals surface area (Å²) in [5, 5.41) is 0. The second-order valence-corrected chi connectivity index (χ2v) is 9.64. The van der Waals surface area contributed by atoms with Crippen molar-refractivity contribution in [3.8, 4) is 0 Å². The van der Waals surface area contributed by atoms with E-state index < -0.39 is 10.0 Å². The van der Waals surface area contributed by atoms with Crippen LogP contribution < -0.4 is 4.72 Å². The molecule has 0 radical (unpaired) electrons. The number of sulfonamides is 1. The van der Waals surface area contributed by atoms with E-state index in [0.717, 1.165) is 31.5 Å². The molecule has 2 aromatic rings. The molecule has 3 rings (SSSR count). The molecule has 1 heterocycles. The highest BCUT2D eigenvalue weighted by molar-refractivity contribution is 7.92. The van der Waals surface area contributed by atoms with Gasteiger partial charge in [-0.15, -0.1) is 0 Å². The minimum atomic E-state index is -3.71.